The summed E-state index contributed by atoms with van der Waals surface area (Å²) in [5, 5.41) is 0. The average Bonchev–Trinajstić information content (AvgIpc) is 1.62. The smallest absolute Gasteiger partial charge is 0.207 e. The second-order valence-corrected chi connectivity index (χ2v) is 31.4. The minimum absolute atomic E-state index is 0.000653. The fourth-order valence-electron chi connectivity index (χ4n) is 16.7. The molecule has 0 saturated carbocycles. The molecule has 6 heteroatoms. The molecule has 100 heavy (non-hydrogen) atoms. The number of hydrogen-bond acceptors (Lipinski definition) is 0. The highest BCUT2D eigenvalue weighted by Crippen LogP contribution is 2.54. The zero-order chi connectivity index (χ0) is 71.4. The lowest BCUT2D eigenvalue weighted by Crippen LogP contribution is -2.31. The standard InChI is InChI=1S/2C25H28N.2C22H21FN/c1-16(2)18-11-12-24(26(6)15-18)20-14-21-19-9-7-8-10-22(19)25(4,5)23(21)13-17(20)3;1-16(2)18-11-12-26(6)24(14-18)20-15-21-19-9-7-8-10-22(19)25(4,5)23(21)13-17(20)3;1-14-12-19-17(15-8-5-6-9-18(15)22(19,2)3)13-16(14)21-20(23)10-7-11-24(21)4;1-14-11-20-18(16-7-5-6-8-19(16)22(20,2)3)13-17(14)21-12-15(23)9-10-24(21)4/h2*7-16H,1-6H3;2*5-13H,1-4H3/q4*+1. The largest absolute Gasteiger partial charge is 0.248 e. The Hall–Kier alpha value is -9.78. The van der Waals surface area contributed by atoms with E-state index in [1.807, 2.05) is 29.4 Å². The molecule has 0 bridgehead atoms. The number of benzene rings is 8. The van der Waals surface area contributed by atoms with Crippen LogP contribution in [0, 0.1) is 39.3 Å². The van der Waals surface area contributed by atoms with E-state index in [2.05, 4.69) is 316 Å². The predicted molar refractivity (Wildman–Crippen MR) is 410 cm³/mol. The summed E-state index contributed by atoms with van der Waals surface area (Å²) in [7, 11) is 8.15. The van der Waals surface area contributed by atoms with E-state index in [9.17, 15) is 8.78 Å². The van der Waals surface area contributed by atoms with Crippen molar-refractivity contribution in [3.8, 4) is 89.5 Å². The number of aryl methyl sites for hydroxylation is 8. The van der Waals surface area contributed by atoms with Gasteiger partial charge in [0.05, 0.1) is 5.56 Å². The molecule has 0 amide bonds. The summed E-state index contributed by atoms with van der Waals surface area (Å²) < 4.78 is 36.6. The van der Waals surface area contributed by atoms with Gasteiger partial charge in [-0.05, 0) is 193 Å². The number of aromatic nitrogens is 4. The molecule has 8 aromatic carbocycles. The lowest BCUT2D eigenvalue weighted by atomic mass is 9.81. The van der Waals surface area contributed by atoms with Crippen LogP contribution >= 0.6 is 0 Å². The van der Waals surface area contributed by atoms with Gasteiger partial charge >= 0.3 is 0 Å². The molecule has 0 saturated heterocycles. The Labute approximate surface area is 594 Å². The van der Waals surface area contributed by atoms with Gasteiger partial charge in [0.15, 0.2) is 30.6 Å². The first-order valence-electron chi connectivity index (χ1n) is 35.7. The molecule has 4 aliphatic carbocycles. The Kier molecular flexibility index (Phi) is 17.7. The molecule has 0 N–H and O–H groups in total. The van der Waals surface area contributed by atoms with E-state index in [1.165, 1.54) is 151 Å². The van der Waals surface area contributed by atoms with Crippen molar-refractivity contribution in [2.75, 3.05) is 0 Å². The van der Waals surface area contributed by atoms with Crippen molar-refractivity contribution < 1.29 is 27.0 Å². The van der Waals surface area contributed by atoms with E-state index in [-0.39, 0.29) is 33.3 Å². The highest BCUT2D eigenvalue weighted by molar-refractivity contribution is 5.89. The maximum Gasteiger partial charge on any atom is 0.248 e. The fourth-order valence-corrected chi connectivity index (χ4v) is 16.7. The summed E-state index contributed by atoms with van der Waals surface area (Å²) in [6, 6.07) is 68.9. The normalized spacial score (nSPS) is 14.4. The molecular weight excluding hydrogens is 1220 g/mol. The Morgan fingerprint density at radius 2 is 0.630 bits per heavy atom. The Bertz CT molecular complexity index is 5250. The van der Waals surface area contributed by atoms with Crippen LogP contribution in [-0.2, 0) is 49.9 Å². The van der Waals surface area contributed by atoms with Crippen molar-refractivity contribution in [1.29, 1.82) is 0 Å². The summed E-state index contributed by atoms with van der Waals surface area (Å²) in [5.41, 5.74) is 38.4. The monoisotopic (exact) mass is 1320 g/mol. The molecule has 0 atom stereocenters. The number of fused-ring (bicyclic) bond motifs is 12. The molecule has 0 spiro atoms. The first-order valence-corrected chi connectivity index (χ1v) is 35.7. The Morgan fingerprint density at radius 1 is 0.280 bits per heavy atom. The second kappa shape index (κ2) is 25.7. The molecule has 16 rings (SSSR count). The molecule has 0 aliphatic heterocycles. The van der Waals surface area contributed by atoms with Gasteiger partial charge in [-0.1, -0.05) is 204 Å². The van der Waals surface area contributed by atoms with Crippen LogP contribution < -0.4 is 18.3 Å². The van der Waals surface area contributed by atoms with Crippen molar-refractivity contribution in [2.24, 2.45) is 28.2 Å². The number of halogens is 2. The molecule has 4 heterocycles. The van der Waals surface area contributed by atoms with Crippen molar-refractivity contribution >= 4 is 0 Å². The maximum atomic E-state index is 14.5. The third-order valence-electron chi connectivity index (χ3n) is 22.7. The van der Waals surface area contributed by atoms with Crippen molar-refractivity contribution in [2.45, 2.75) is 144 Å². The first-order chi connectivity index (χ1) is 47.4. The van der Waals surface area contributed by atoms with Crippen molar-refractivity contribution in [1.82, 2.24) is 0 Å². The molecular formula is C94H98F2N4+4. The van der Waals surface area contributed by atoms with Crippen LogP contribution in [0.4, 0.5) is 8.78 Å². The molecule has 4 aromatic heterocycles. The van der Waals surface area contributed by atoms with Gasteiger partial charge in [0, 0.05) is 80.3 Å². The van der Waals surface area contributed by atoms with Gasteiger partial charge < -0.3 is 0 Å². The summed E-state index contributed by atoms with van der Waals surface area (Å²) in [4.78, 5) is 0. The van der Waals surface area contributed by atoms with E-state index < -0.39 is 0 Å². The van der Waals surface area contributed by atoms with Gasteiger partial charge in [-0.3, -0.25) is 0 Å². The summed E-state index contributed by atoms with van der Waals surface area (Å²) in [6.45, 7) is 36.1. The van der Waals surface area contributed by atoms with Gasteiger partial charge in [0.2, 0.25) is 22.8 Å². The van der Waals surface area contributed by atoms with E-state index in [4.69, 9.17) is 0 Å². The predicted octanol–water partition coefficient (Wildman–Crippen LogP) is 21.7. The molecule has 4 aliphatic rings. The van der Waals surface area contributed by atoms with E-state index in [0.29, 0.717) is 17.5 Å². The molecule has 504 valence electrons. The minimum Gasteiger partial charge on any atom is -0.207 e. The minimum atomic E-state index is -0.205. The van der Waals surface area contributed by atoms with Crippen LogP contribution in [0.2, 0.25) is 0 Å². The number of nitrogens with zero attached hydrogens (tertiary/aromatic N) is 4. The third-order valence-corrected chi connectivity index (χ3v) is 22.7. The van der Waals surface area contributed by atoms with Gasteiger partial charge in [-0.2, -0.15) is 8.96 Å². The molecule has 0 fully saturated rings. The van der Waals surface area contributed by atoms with Crippen molar-refractivity contribution in [3.05, 3.63) is 308 Å². The maximum absolute atomic E-state index is 14.5. The first kappa shape index (κ1) is 68.7. The van der Waals surface area contributed by atoms with Gasteiger partial charge in [0.1, 0.15) is 34.0 Å². The lowest BCUT2D eigenvalue weighted by Gasteiger charge is -2.22. The molecule has 0 unspecified atom stereocenters. The Balaban J connectivity index is 0.000000120. The van der Waals surface area contributed by atoms with Crippen LogP contribution in [-0.4, -0.2) is 0 Å². The third kappa shape index (κ3) is 11.7. The van der Waals surface area contributed by atoms with Gasteiger partial charge in [0.25, 0.3) is 0 Å². The molecule has 12 aromatic rings. The van der Waals surface area contributed by atoms with E-state index in [1.54, 1.807) is 18.3 Å². The quantitative estimate of drug-likeness (QED) is 0.148. The van der Waals surface area contributed by atoms with E-state index in [0.717, 1.165) is 22.4 Å². The van der Waals surface area contributed by atoms with Gasteiger partial charge in [-0.15, -0.1) is 0 Å². The lowest BCUT2D eigenvalue weighted by molar-refractivity contribution is -0.661. The zero-order valence-electron chi connectivity index (χ0n) is 62.5. The summed E-state index contributed by atoms with van der Waals surface area (Å²) in [5.74, 6) is 0.686. The molecule has 0 radical (unpaired) electrons. The fraction of sp³-hybridized carbons (Fsp3) is 0.277. The SMILES string of the molecule is Cc1cc2c(cc1-c1c(F)ccc[n+]1C)-c1ccccc1C2(C)C.Cc1cc2c(cc1-c1cc(C(C)C)cc[n+]1C)-c1ccccc1C2(C)C.Cc1cc2c(cc1-c1cc(F)cc[n+]1C)-c1ccccc1C2(C)C.Cc1cc2c(cc1-c1ccc(C(C)C)c[n+]1C)-c1ccccc1C2(C)C. The van der Waals surface area contributed by atoms with E-state index >= 15 is 0 Å². The van der Waals surface area contributed by atoms with Crippen LogP contribution in [0.25, 0.3) is 89.5 Å². The summed E-state index contributed by atoms with van der Waals surface area (Å²) >= 11 is 0. The second-order valence-electron chi connectivity index (χ2n) is 31.4. The van der Waals surface area contributed by atoms with Crippen LogP contribution in [0.15, 0.2) is 219 Å². The Morgan fingerprint density at radius 3 is 1.01 bits per heavy atom. The highest BCUT2D eigenvalue weighted by Gasteiger charge is 2.41. The van der Waals surface area contributed by atoms with Crippen LogP contribution in [0.5, 0.6) is 0 Å². The number of pyridine rings is 4. The van der Waals surface area contributed by atoms with Crippen LogP contribution in [0.1, 0.15) is 173 Å². The number of hydrogen-bond donors (Lipinski definition) is 0. The zero-order valence-corrected chi connectivity index (χ0v) is 62.5. The topological polar surface area (TPSA) is 15.5 Å². The number of rotatable bonds is 6. The average molecular weight is 1320 g/mol. The van der Waals surface area contributed by atoms with Crippen molar-refractivity contribution in [3.63, 3.8) is 0 Å². The summed E-state index contributed by atoms with van der Waals surface area (Å²) in [6.07, 6.45) is 8.12. The van der Waals surface area contributed by atoms with Gasteiger partial charge in [-0.25, -0.2) is 18.1 Å². The highest BCUT2D eigenvalue weighted by atomic mass is 19.1. The van der Waals surface area contributed by atoms with Crippen LogP contribution in [0.3, 0.4) is 0 Å². The molecule has 4 nitrogen and oxygen atoms in total.